The van der Waals surface area contributed by atoms with Gasteiger partial charge in [0.2, 0.25) is 5.91 Å². The Labute approximate surface area is 128 Å². The van der Waals surface area contributed by atoms with Crippen molar-refractivity contribution in [1.29, 1.82) is 0 Å². The second-order valence-corrected chi connectivity index (χ2v) is 5.52. The number of amides is 1. The lowest BCUT2D eigenvalue weighted by molar-refractivity contribution is -0.127. The Bertz CT molecular complexity index is 715. The van der Waals surface area contributed by atoms with Gasteiger partial charge in [0.1, 0.15) is 5.69 Å². The number of rotatable bonds is 5. The molecule has 7 heteroatoms. The summed E-state index contributed by atoms with van der Waals surface area (Å²) in [4.78, 5) is 28.1. The molecule has 22 heavy (non-hydrogen) atoms. The highest BCUT2D eigenvalue weighted by Crippen LogP contribution is 2.25. The van der Waals surface area contributed by atoms with Crippen LogP contribution in [-0.2, 0) is 18.4 Å². The van der Waals surface area contributed by atoms with E-state index < -0.39 is 0 Å². The summed E-state index contributed by atoms with van der Waals surface area (Å²) < 4.78 is 2.83. The highest BCUT2D eigenvalue weighted by molar-refractivity contribution is 5.79. The molecule has 1 aliphatic carbocycles. The lowest BCUT2D eigenvalue weighted by atomic mass is 9.85. The predicted octanol–water partition coefficient (Wildman–Crippen LogP) is 0.560. The molecular weight excluding hydrogens is 282 g/mol. The molecule has 1 N–H and O–H groups in total. The van der Waals surface area contributed by atoms with Gasteiger partial charge in [0, 0.05) is 25.7 Å². The van der Waals surface area contributed by atoms with Gasteiger partial charge in [-0.3, -0.25) is 14.3 Å². The first-order chi connectivity index (χ1) is 10.7. The van der Waals surface area contributed by atoms with Gasteiger partial charge in [0.15, 0.2) is 5.82 Å². The van der Waals surface area contributed by atoms with Gasteiger partial charge in [0.05, 0.1) is 6.54 Å². The van der Waals surface area contributed by atoms with Crippen LogP contribution in [0.25, 0.3) is 11.5 Å². The Hall–Kier alpha value is -2.44. The molecule has 0 unspecified atom stereocenters. The lowest BCUT2D eigenvalue weighted by Gasteiger charge is -2.23. The van der Waals surface area contributed by atoms with Crippen LogP contribution in [0, 0.1) is 5.92 Å². The van der Waals surface area contributed by atoms with Crippen LogP contribution in [0.1, 0.15) is 19.3 Å². The van der Waals surface area contributed by atoms with Crippen molar-refractivity contribution in [2.75, 3.05) is 6.54 Å². The predicted molar refractivity (Wildman–Crippen MR) is 81.0 cm³/mol. The minimum Gasteiger partial charge on any atom is -0.354 e. The summed E-state index contributed by atoms with van der Waals surface area (Å²) >= 11 is 0. The Morgan fingerprint density at radius 3 is 2.86 bits per heavy atom. The molecule has 7 nitrogen and oxygen atoms in total. The van der Waals surface area contributed by atoms with Crippen molar-refractivity contribution in [2.24, 2.45) is 13.0 Å². The first kappa shape index (κ1) is 14.5. The maximum Gasteiger partial charge on any atom is 0.346 e. The highest BCUT2D eigenvalue weighted by Gasteiger charge is 2.24. The molecule has 3 rings (SSSR count). The number of hydrogen-bond acceptors (Lipinski definition) is 4. The average Bonchev–Trinajstić information content (AvgIpc) is 2.75. The molecule has 116 valence electrons. The monoisotopic (exact) mass is 301 g/mol. The minimum atomic E-state index is -0.210. The van der Waals surface area contributed by atoms with Crippen molar-refractivity contribution >= 4 is 5.91 Å². The van der Waals surface area contributed by atoms with E-state index in [2.05, 4.69) is 15.4 Å². The van der Waals surface area contributed by atoms with Crippen molar-refractivity contribution < 1.29 is 4.79 Å². The molecule has 1 aliphatic rings. The van der Waals surface area contributed by atoms with Crippen LogP contribution >= 0.6 is 0 Å². The summed E-state index contributed by atoms with van der Waals surface area (Å²) in [6, 6.07) is 5.48. The van der Waals surface area contributed by atoms with Crippen LogP contribution in [0.2, 0.25) is 0 Å². The largest absolute Gasteiger partial charge is 0.354 e. The van der Waals surface area contributed by atoms with Crippen molar-refractivity contribution in [2.45, 2.75) is 25.8 Å². The van der Waals surface area contributed by atoms with Crippen LogP contribution in [0.15, 0.2) is 29.2 Å². The van der Waals surface area contributed by atoms with Gasteiger partial charge in [-0.2, -0.15) is 0 Å². The van der Waals surface area contributed by atoms with E-state index in [4.69, 9.17) is 0 Å². The third-order valence-corrected chi connectivity index (χ3v) is 4.03. The number of nitrogens with zero attached hydrogens (tertiary/aromatic N) is 4. The van der Waals surface area contributed by atoms with Crippen LogP contribution in [0.5, 0.6) is 0 Å². The van der Waals surface area contributed by atoms with Crippen molar-refractivity contribution in [3.8, 4) is 11.5 Å². The SMILES string of the molecule is Cn1c(-c2ccccn2)nn(CCNC(=O)C2CCC2)c1=O. The number of hydrogen-bond donors (Lipinski definition) is 1. The van der Waals surface area contributed by atoms with E-state index in [1.165, 1.54) is 9.25 Å². The zero-order valence-corrected chi connectivity index (χ0v) is 12.5. The molecule has 1 saturated carbocycles. The Balaban J connectivity index is 1.67. The molecule has 0 aromatic carbocycles. The number of carbonyl (C=O) groups excluding carboxylic acids is 1. The van der Waals surface area contributed by atoms with Crippen molar-refractivity contribution in [3.05, 3.63) is 34.9 Å². The van der Waals surface area contributed by atoms with E-state index in [9.17, 15) is 9.59 Å². The topological polar surface area (TPSA) is 81.8 Å². The number of aromatic nitrogens is 4. The van der Waals surface area contributed by atoms with Crippen LogP contribution in [0.4, 0.5) is 0 Å². The molecular formula is C15H19N5O2. The van der Waals surface area contributed by atoms with E-state index in [0.717, 1.165) is 19.3 Å². The average molecular weight is 301 g/mol. The molecule has 2 heterocycles. The van der Waals surface area contributed by atoms with Crippen LogP contribution in [-0.4, -0.2) is 31.8 Å². The van der Waals surface area contributed by atoms with Gasteiger partial charge in [-0.15, -0.1) is 5.10 Å². The van der Waals surface area contributed by atoms with Gasteiger partial charge in [-0.05, 0) is 25.0 Å². The Morgan fingerprint density at radius 2 is 2.23 bits per heavy atom. The van der Waals surface area contributed by atoms with E-state index in [-0.39, 0.29) is 17.5 Å². The third kappa shape index (κ3) is 2.79. The fourth-order valence-corrected chi connectivity index (χ4v) is 2.45. The third-order valence-electron chi connectivity index (χ3n) is 4.03. The fraction of sp³-hybridized carbons (Fsp3) is 0.467. The molecule has 2 aromatic heterocycles. The van der Waals surface area contributed by atoms with Crippen molar-refractivity contribution in [1.82, 2.24) is 24.6 Å². The molecule has 0 spiro atoms. The van der Waals surface area contributed by atoms with Crippen molar-refractivity contribution in [3.63, 3.8) is 0 Å². The summed E-state index contributed by atoms with van der Waals surface area (Å²) in [5.74, 6) is 0.764. The standard InChI is InChI=1S/C15H19N5O2/c1-19-13(12-7-2-3-8-16-12)18-20(15(19)22)10-9-17-14(21)11-5-4-6-11/h2-3,7-8,11H,4-6,9-10H2,1H3,(H,17,21). The van der Waals surface area contributed by atoms with Crippen LogP contribution in [0.3, 0.4) is 0 Å². The van der Waals surface area contributed by atoms with Gasteiger partial charge in [-0.25, -0.2) is 9.48 Å². The maximum atomic E-state index is 12.2. The zero-order valence-electron chi connectivity index (χ0n) is 12.5. The van der Waals surface area contributed by atoms with E-state index in [1.54, 1.807) is 13.2 Å². The summed E-state index contributed by atoms with van der Waals surface area (Å²) in [5, 5.41) is 7.17. The molecule has 0 atom stereocenters. The first-order valence-electron chi connectivity index (χ1n) is 7.50. The molecule has 1 amide bonds. The second kappa shape index (κ2) is 6.13. The first-order valence-corrected chi connectivity index (χ1v) is 7.50. The Kier molecular flexibility index (Phi) is 4.04. The van der Waals surface area contributed by atoms with E-state index >= 15 is 0 Å². The van der Waals surface area contributed by atoms with Gasteiger partial charge >= 0.3 is 5.69 Å². The lowest BCUT2D eigenvalue weighted by Crippen LogP contribution is -2.37. The molecule has 0 aliphatic heterocycles. The van der Waals surface area contributed by atoms with E-state index in [0.29, 0.717) is 24.6 Å². The number of pyridine rings is 1. The zero-order chi connectivity index (χ0) is 15.5. The Morgan fingerprint density at radius 1 is 1.41 bits per heavy atom. The summed E-state index contributed by atoms with van der Waals surface area (Å²) in [7, 11) is 1.67. The summed E-state index contributed by atoms with van der Waals surface area (Å²) in [6.07, 6.45) is 4.74. The number of nitrogens with one attached hydrogen (secondary N) is 1. The van der Waals surface area contributed by atoms with Gasteiger partial charge < -0.3 is 5.32 Å². The van der Waals surface area contributed by atoms with Gasteiger partial charge in [0.25, 0.3) is 0 Å². The highest BCUT2D eigenvalue weighted by atomic mass is 16.2. The second-order valence-electron chi connectivity index (χ2n) is 5.52. The molecule has 0 saturated heterocycles. The summed E-state index contributed by atoms with van der Waals surface area (Å²) in [6.45, 7) is 0.770. The fourth-order valence-electron chi connectivity index (χ4n) is 2.45. The normalized spacial score (nSPS) is 14.6. The smallest absolute Gasteiger partial charge is 0.346 e. The number of carbonyl (C=O) groups is 1. The summed E-state index contributed by atoms with van der Waals surface area (Å²) in [5.41, 5.74) is 0.442. The maximum absolute atomic E-state index is 12.2. The molecule has 2 aromatic rings. The minimum absolute atomic E-state index is 0.0835. The van der Waals surface area contributed by atoms with Gasteiger partial charge in [-0.1, -0.05) is 12.5 Å². The quantitative estimate of drug-likeness (QED) is 0.875. The molecule has 0 bridgehead atoms. The van der Waals surface area contributed by atoms with E-state index in [1.807, 2.05) is 18.2 Å². The molecule has 0 radical (unpaired) electrons. The molecule has 1 fully saturated rings. The van der Waals surface area contributed by atoms with Crippen LogP contribution < -0.4 is 11.0 Å².